The zero-order valence-electron chi connectivity index (χ0n) is 8.95. The van der Waals surface area contributed by atoms with Crippen LogP contribution in [0.3, 0.4) is 0 Å². The van der Waals surface area contributed by atoms with Crippen LogP contribution in [0.1, 0.15) is 5.56 Å². The molecule has 0 amide bonds. The third-order valence-electron chi connectivity index (χ3n) is 1.75. The monoisotopic (exact) mass is 252 g/mol. The van der Waals surface area contributed by atoms with Gasteiger partial charge in [0, 0.05) is 7.11 Å². The molecule has 0 atom stereocenters. The van der Waals surface area contributed by atoms with Gasteiger partial charge in [0.2, 0.25) is 0 Å². The topological polar surface area (TPSA) is 47.9 Å². The normalized spacial score (nSPS) is 11.4. The summed E-state index contributed by atoms with van der Waals surface area (Å²) in [5.74, 6) is -0.623. The van der Waals surface area contributed by atoms with Crippen molar-refractivity contribution in [1.29, 1.82) is 0 Å². The minimum atomic E-state index is -4.80. The summed E-state index contributed by atoms with van der Waals surface area (Å²) in [7, 11) is 1.33. The Balaban J connectivity index is 2.93. The van der Waals surface area contributed by atoms with E-state index in [1.54, 1.807) is 0 Å². The Labute approximate surface area is 95.5 Å². The number of hydrogen-bond acceptors (Lipinski definition) is 4. The Bertz CT molecular complexity index is 365. The van der Waals surface area contributed by atoms with E-state index >= 15 is 0 Å². The average Bonchev–Trinajstić information content (AvgIpc) is 2.26. The first-order valence-electron chi connectivity index (χ1n) is 4.57. The van der Waals surface area contributed by atoms with Gasteiger partial charge in [-0.3, -0.25) is 0 Å². The van der Waals surface area contributed by atoms with Crippen molar-refractivity contribution >= 4 is 0 Å². The van der Waals surface area contributed by atoms with Crippen molar-refractivity contribution < 1.29 is 32.5 Å². The molecule has 4 nitrogen and oxygen atoms in total. The second-order valence-corrected chi connectivity index (χ2v) is 3.04. The molecule has 96 valence electrons. The van der Waals surface area contributed by atoms with Gasteiger partial charge in [-0.2, -0.15) is 0 Å². The molecular formula is C10H11F3O4. The standard InChI is InChI=1S/C10H11F3O4/c1-15-6-16-9-4-7(5-14)2-3-8(9)17-10(11,12)13/h2-4,14H,5-6H2,1H3. The molecule has 0 aliphatic carbocycles. The van der Waals surface area contributed by atoms with Gasteiger partial charge >= 0.3 is 6.36 Å². The summed E-state index contributed by atoms with van der Waals surface area (Å²) < 4.78 is 49.5. The highest BCUT2D eigenvalue weighted by Gasteiger charge is 2.32. The summed E-state index contributed by atoms with van der Waals surface area (Å²) in [6.07, 6.45) is -4.80. The molecule has 0 saturated heterocycles. The predicted molar refractivity (Wildman–Crippen MR) is 51.6 cm³/mol. The number of halogens is 3. The van der Waals surface area contributed by atoms with E-state index in [0.29, 0.717) is 5.56 Å². The number of aliphatic hydroxyl groups excluding tert-OH is 1. The predicted octanol–water partition coefficient (Wildman–Crippen LogP) is 2.06. The summed E-state index contributed by atoms with van der Waals surface area (Å²) in [6.45, 7) is -0.529. The van der Waals surface area contributed by atoms with Gasteiger partial charge in [-0.1, -0.05) is 6.07 Å². The molecule has 0 heterocycles. The maximum atomic E-state index is 12.1. The molecule has 0 saturated carbocycles. The fourth-order valence-corrected chi connectivity index (χ4v) is 1.10. The highest BCUT2D eigenvalue weighted by Crippen LogP contribution is 2.33. The molecular weight excluding hydrogens is 241 g/mol. The summed E-state index contributed by atoms with van der Waals surface area (Å²) >= 11 is 0. The first kappa shape index (κ1) is 13.6. The van der Waals surface area contributed by atoms with Crippen LogP contribution < -0.4 is 9.47 Å². The molecule has 7 heteroatoms. The molecule has 1 rings (SSSR count). The van der Waals surface area contributed by atoms with Crippen molar-refractivity contribution in [3.8, 4) is 11.5 Å². The van der Waals surface area contributed by atoms with Crippen molar-refractivity contribution in [2.24, 2.45) is 0 Å². The van der Waals surface area contributed by atoms with Crippen molar-refractivity contribution in [2.75, 3.05) is 13.9 Å². The van der Waals surface area contributed by atoms with Crippen LogP contribution in [0.15, 0.2) is 18.2 Å². The van der Waals surface area contributed by atoms with Gasteiger partial charge in [-0.25, -0.2) is 0 Å². The molecule has 0 aliphatic rings. The van der Waals surface area contributed by atoms with E-state index in [2.05, 4.69) is 9.47 Å². The molecule has 0 bridgehead atoms. The maximum Gasteiger partial charge on any atom is 0.573 e. The van der Waals surface area contributed by atoms with Gasteiger partial charge in [0.25, 0.3) is 0 Å². The molecule has 0 aliphatic heterocycles. The Hall–Kier alpha value is -1.47. The van der Waals surface area contributed by atoms with E-state index in [-0.39, 0.29) is 19.1 Å². The van der Waals surface area contributed by atoms with E-state index in [0.717, 1.165) is 6.07 Å². The van der Waals surface area contributed by atoms with E-state index in [1.807, 2.05) is 0 Å². The number of hydrogen-bond donors (Lipinski definition) is 1. The Morgan fingerprint density at radius 2 is 1.94 bits per heavy atom. The molecule has 0 radical (unpaired) electrons. The van der Waals surface area contributed by atoms with E-state index in [9.17, 15) is 13.2 Å². The molecule has 0 unspecified atom stereocenters. The molecule has 0 aromatic heterocycles. The second-order valence-electron chi connectivity index (χ2n) is 3.04. The van der Waals surface area contributed by atoms with Crippen molar-refractivity contribution in [3.05, 3.63) is 23.8 Å². The van der Waals surface area contributed by atoms with Crippen molar-refractivity contribution in [3.63, 3.8) is 0 Å². The molecule has 0 fully saturated rings. The lowest BCUT2D eigenvalue weighted by molar-refractivity contribution is -0.275. The second kappa shape index (κ2) is 5.74. The molecule has 0 spiro atoms. The fraction of sp³-hybridized carbons (Fsp3) is 0.400. The smallest absolute Gasteiger partial charge is 0.464 e. The van der Waals surface area contributed by atoms with E-state index in [4.69, 9.17) is 9.84 Å². The molecule has 17 heavy (non-hydrogen) atoms. The molecule has 1 aromatic carbocycles. The van der Waals surface area contributed by atoms with Crippen LogP contribution in [0.25, 0.3) is 0 Å². The van der Waals surface area contributed by atoms with Gasteiger partial charge in [0.1, 0.15) is 0 Å². The van der Waals surface area contributed by atoms with Crippen LogP contribution >= 0.6 is 0 Å². The number of aliphatic hydroxyl groups is 1. The number of alkyl halides is 3. The quantitative estimate of drug-likeness (QED) is 0.815. The molecule has 1 aromatic rings. The highest BCUT2D eigenvalue weighted by atomic mass is 19.4. The zero-order valence-corrected chi connectivity index (χ0v) is 8.95. The summed E-state index contributed by atoms with van der Waals surface area (Å²) in [4.78, 5) is 0. The third kappa shape index (κ3) is 4.49. The number of benzene rings is 1. The van der Waals surface area contributed by atoms with Crippen molar-refractivity contribution in [1.82, 2.24) is 0 Å². The van der Waals surface area contributed by atoms with E-state index in [1.165, 1.54) is 19.2 Å². The lowest BCUT2D eigenvalue weighted by Crippen LogP contribution is -2.18. The molecule has 1 N–H and O–H groups in total. The van der Waals surface area contributed by atoms with Gasteiger partial charge in [-0.15, -0.1) is 13.2 Å². The number of methoxy groups -OCH3 is 1. The van der Waals surface area contributed by atoms with Gasteiger partial charge in [-0.05, 0) is 17.7 Å². The van der Waals surface area contributed by atoms with Crippen LogP contribution in [0.4, 0.5) is 13.2 Å². The Kier molecular flexibility index (Phi) is 4.59. The van der Waals surface area contributed by atoms with Crippen molar-refractivity contribution in [2.45, 2.75) is 13.0 Å². The summed E-state index contributed by atoms with van der Waals surface area (Å²) in [5, 5.41) is 8.86. The average molecular weight is 252 g/mol. The Morgan fingerprint density at radius 3 is 2.47 bits per heavy atom. The SMILES string of the molecule is COCOc1cc(CO)ccc1OC(F)(F)F. The minimum absolute atomic E-state index is 0.143. The largest absolute Gasteiger partial charge is 0.573 e. The van der Waals surface area contributed by atoms with Gasteiger partial charge < -0.3 is 19.3 Å². The Morgan fingerprint density at radius 1 is 1.24 bits per heavy atom. The van der Waals surface area contributed by atoms with Gasteiger partial charge in [0.15, 0.2) is 18.3 Å². The summed E-state index contributed by atoms with van der Waals surface area (Å²) in [6, 6.07) is 3.63. The lowest BCUT2D eigenvalue weighted by Gasteiger charge is -2.14. The maximum absolute atomic E-state index is 12.1. The third-order valence-corrected chi connectivity index (χ3v) is 1.75. The minimum Gasteiger partial charge on any atom is -0.464 e. The van der Waals surface area contributed by atoms with Crippen LogP contribution in [0.5, 0.6) is 11.5 Å². The first-order valence-corrected chi connectivity index (χ1v) is 4.57. The van der Waals surface area contributed by atoms with Crippen LogP contribution in [-0.4, -0.2) is 25.4 Å². The van der Waals surface area contributed by atoms with E-state index < -0.39 is 12.1 Å². The first-order chi connectivity index (χ1) is 7.96. The van der Waals surface area contributed by atoms with Gasteiger partial charge in [0.05, 0.1) is 6.61 Å². The summed E-state index contributed by atoms with van der Waals surface area (Å²) in [5.41, 5.74) is 0.408. The zero-order chi connectivity index (χ0) is 12.9. The highest BCUT2D eigenvalue weighted by molar-refractivity contribution is 5.42. The fourth-order valence-electron chi connectivity index (χ4n) is 1.10. The van der Waals surface area contributed by atoms with Crippen LogP contribution in [0, 0.1) is 0 Å². The van der Waals surface area contributed by atoms with Crippen LogP contribution in [-0.2, 0) is 11.3 Å². The van der Waals surface area contributed by atoms with Crippen LogP contribution in [0.2, 0.25) is 0 Å². The number of rotatable bonds is 5. The lowest BCUT2D eigenvalue weighted by atomic mass is 10.2. The number of ether oxygens (including phenoxy) is 3.